The van der Waals surface area contributed by atoms with Gasteiger partial charge in [0.15, 0.2) is 0 Å². The summed E-state index contributed by atoms with van der Waals surface area (Å²) in [6, 6.07) is 2.17. The van der Waals surface area contributed by atoms with Gasteiger partial charge in [-0.2, -0.15) is 0 Å². The Hall–Kier alpha value is -2.16. The maximum Gasteiger partial charge on any atom is 0.287 e. The number of aliphatic hydroxyl groups is 1. The summed E-state index contributed by atoms with van der Waals surface area (Å²) in [4.78, 5) is 21.0. The fourth-order valence-electron chi connectivity index (χ4n) is 1.16. The van der Waals surface area contributed by atoms with Crippen molar-refractivity contribution in [3.8, 4) is 0 Å². The largest absolute Gasteiger partial charge is 0.390 e. The number of hydrogen-bond donors (Lipinski definition) is 2. The second kappa shape index (κ2) is 5.65. The van der Waals surface area contributed by atoms with Crippen molar-refractivity contribution in [2.45, 2.75) is 5.92 Å². The predicted octanol–water partition coefficient (Wildman–Crippen LogP) is 1.09. The number of alkyl halides is 2. The highest BCUT2D eigenvalue weighted by molar-refractivity contribution is 5.95. The van der Waals surface area contributed by atoms with Crippen molar-refractivity contribution in [1.82, 2.24) is 5.32 Å². The summed E-state index contributed by atoms with van der Waals surface area (Å²) in [7, 11) is 0. The fourth-order valence-corrected chi connectivity index (χ4v) is 1.16. The van der Waals surface area contributed by atoms with Crippen LogP contribution in [-0.4, -0.2) is 35.0 Å². The van der Waals surface area contributed by atoms with Gasteiger partial charge in [-0.3, -0.25) is 14.9 Å². The summed E-state index contributed by atoms with van der Waals surface area (Å²) in [6.45, 7) is -2.69. The molecule has 1 aromatic rings. The molecule has 0 aliphatic carbocycles. The molecule has 0 saturated carbocycles. The number of nitrogens with zero attached hydrogens (tertiary/aromatic N) is 1. The highest BCUT2D eigenvalue weighted by Gasteiger charge is 2.29. The zero-order chi connectivity index (χ0) is 14.6. The fraction of sp³-hybridized carbons (Fsp3) is 0.300. The average Bonchev–Trinajstić information content (AvgIpc) is 2.36. The number of amides is 1. The minimum Gasteiger partial charge on any atom is -0.390 e. The second-order valence-corrected chi connectivity index (χ2v) is 3.62. The van der Waals surface area contributed by atoms with Gasteiger partial charge in [0, 0.05) is 12.1 Å². The number of non-ortho nitro benzene ring substituents is 1. The van der Waals surface area contributed by atoms with Gasteiger partial charge in [0.05, 0.1) is 17.0 Å². The first-order valence-electron chi connectivity index (χ1n) is 4.97. The summed E-state index contributed by atoms with van der Waals surface area (Å²) in [5.41, 5.74) is -1.26. The molecule has 1 rings (SSSR count). The van der Waals surface area contributed by atoms with Crippen molar-refractivity contribution in [2.24, 2.45) is 0 Å². The lowest BCUT2D eigenvalue weighted by atomic mass is 10.1. The smallest absolute Gasteiger partial charge is 0.287 e. The third-order valence-electron chi connectivity index (χ3n) is 2.14. The molecule has 0 spiro atoms. The van der Waals surface area contributed by atoms with Crippen LogP contribution in [0.2, 0.25) is 0 Å². The van der Waals surface area contributed by atoms with Crippen LogP contribution in [0.25, 0.3) is 0 Å². The molecule has 2 N–H and O–H groups in total. The molecule has 0 radical (unpaired) electrons. The van der Waals surface area contributed by atoms with Crippen molar-refractivity contribution in [2.75, 3.05) is 13.2 Å². The number of nitrogens with one attached hydrogen (secondary N) is 1. The van der Waals surface area contributed by atoms with E-state index >= 15 is 0 Å². The van der Waals surface area contributed by atoms with Gasteiger partial charge in [0.25, 0.3) is 17.5 Å². The van der Waals surface area contributed by atoms with Crippen molar-refractivity contribution < 1.29 is 28.0 Å². The molecule has 1 aromatic carbocycles. The summed E-state index contributed by atoms with van der Waals surface area (Å²) in [5, 5.41) is 20.4. The van der Waals surface area contributed by atoms with Crippen LogP contribution >= 0.6 is 0 Å². The molecule has 0 bridgehead atoms. The molecule has 1 amide bonds. The first kappa shape index (κ1) is 14.9. The van der Waals surface area contributed by atoms with E-state index < -0.39 is 47.0 Å². The lowest BCUT2D eigenvalue weighted by Gasteiger charge is -2.14. The van der Waals surface area contributed by atoms with E-state index in [2.05, 4.69) is 0 Å². The van der Waals surface area contributed by atoms with Gasteiger partial charge in [-0.25, -0.2) is 13.2 Å². The van der Waals surface area contributed by atoms with Gasteiger partial charge in [-0.15, -0.1) is 0 Å². The monoisotopic (exact) mass is 278 g/mol. The Labute approximate surface area is 105 Å². The highest BCUT2D eigenvalue weighted by atomic mass is 19.3. The molecule has 0 aliphatic rings. The first-order valence-corrected chi connectivity index (χ1v) is 4.97. The van der Waals surface area contributed by atoms with E-state index in [1.807, 2.05) is 0 Å². The highest BCUT2D eigenvalue weighted by Crippen LogP contribution is 2.17. The zero-order valence-electron chi connectivity index (χ0n) is 9.40. The normalized spacial score (nSPS) is 11.2. The molecule has 9 heteroatoms. The summed E-state index contributed by atoms with van der Waals surface area (Å²) < 4.78 is 38.6. The number of nitro groups is 1. The predicted molar refractivity (Wildman–Crippen MR) is 57.4 cm³/mol. The van der Waals surface area contributed by atoms with E-state index in [0.717, 1.165) is 6.07 Å². The molecule has 0 atom stereocenters. The van der Waals surface area contributed by atoms with Gasteiger partial charge < -0.3 is 10.4 Å². The van der Waals surface area contributed by atoms with Crippen LogP contribution in [0, 0.1) is 15.9 Å². The van der Waals surface area contributed by atoms with Crippen molar-refractivity contribution in [1.29, 1.82) is 0 Å². The van der Waals surface area contributed by atoms with E-state index in [4.69, 9.17) is 5.11 Å². The minimum atomic E-state index is -3.55. The quantitative estimate of drug-likeness (QED) is 0.623. The van der Waals surface area contributed by atoms with E-state index in [9.17, 15) is 28.1 Å². The second-order valence-electron chi connectivity index (χ2n) is 3.62. The molecule has 0 saturated heterocycles. The maximum atomic E-state index is 13.3. The van der Waals surface area contributed by atoms with Crippen molar-refractivity contribution in [3.05, 3.63) is 39.7 Å². The van der Waals surface area contributed by atoms with Gasteiger partial charge in [-0.1, -0.05) is 0 Å². The van der Waals surface area contributed by atoms with Gasteiger partial charge in [-0.05, 0) is 6.07 Å². The number of carbonyl (C=O) groups excluding carboxylic acids is 1. The molecule has 19 heavy (non-hydrogen) atoms. The Morgan fingerprint density at radius 2 is 2.11 bits per heavy atom. The van der Waals surface area contributed by atoms with Crippen LogP contribution in [0.4, 0.5) is 18.9 Å². The molecule has 0 fully saturated rings. The van der Waals surface area contributed by atoms with Crippen molar-refractivity contribution >= 4 is 11.6 Å². The number of rotatable bonds is 5. The minimum absolute atomic E-state index is 0.541. The third kappa shape index (κ3) is 3.91. The van der Waals surface area contributed by atoms with Crippen LogP contribution in [0.5, 0.6) is 0 Å². The number of carbonyl (C=O) groups is 1. The average molecular weight is 278 g/mol. The Bertz CT molecular complexity index is 508. The summed E-state index contributed by atoms with van der Waals surface area (Å²) >= 11 is 0. The van der Waals surface area contributed by atoms with Crippen LogP contribution in [0.15, 0.2) is 18.2 Å². The zero-order valence-corrected chi connectivity index (χ0v) is 9.40. The van der Waals surface area contributed by atoms with Crippen LogP contribution in [0.3, 0.4) is 0 Å². The molecular weight excluding hydrogens is 269 g/mol. The van der Waals surface area contributed by atoms with E-state index in [1.54, 1.807) is 5.32 Å². The first-order chi connectivity index (χ1) is 8.76. The topological polar surface area (TPSA) is 92.5 Å². The lowest BCUT2D eigenvalue weighted by Crippen LogP contribution is -2.39. The molecule has 0 aromatic heterocycles. The van der Waals surface area contributed by atoms with Gasteiger partial charge >= 0.3 is 0 Å². The molecule has 104 valence electrons. The van der Waals surface area contributed by atoms with Crippen LogP contribution < -0.4 is 5.32 Å². The lowest BCUT2D eigenvalue weighted by molar-refractivity contribution is -0.384. The molecular formula is C10H9F3N2O4. The Balaban J connectivity index is 2.88. The number of hydrogen-bond acceptors (Lipinski definition) is 4. The number of nitro benzene ring substituents is 1. The molecule has 0 aliphatic heterocycles. The summed E-state index contributed by atoms with van der Waals surface area (Å²) in [6.07, 6.45) is 0. The SMILES string of the molecule is O=C(NCC(F)(F)CO)c1cc([N+](=O)[O-])ccc1F. The van der Waals surface area contributed by atoms with Crippen LogP contribution in [0.1, 0.15) is 10.4 Å². The van der Waals surface area contributed by atoms with Crippen molar-refractivity contribution in [3.63, 3.8) is 0 Å². The standard InChI is InChI=1S/C10H9F3N2O4/c11-8-2-1-6(15(18)19)3-7(8)9(17)14-4-10(12,13)5-16/h1-3,16H,4-5H2,(H,14,17). The number of benzene rings is 1. The summed E-state index contributed by atoms with van der Waals surface area (Å²) in [5.74, 6) is -5.85. The van der Waals surface area contributed by atoms with E-state index in [1.165, 1.54) is 0 Å². The Morgan fingerprint density at radius 3 is 2.63 bits per heavy atom. The number of halogens is 3. The van der Waals surface area contributed by atoms with E-state index in [0.29, 0.717) is 12.1 Å². The third-order valence-corrected chi connectivity index (χ3v) is 2.14. The molecule has 0 unspecified atom stereocenters. The maximum absolute atomic E-state index is 13.3. The Kier molecular flexibility index (Phi) is 4.43. The van der Waals surface area contributed by atoms with E-state index in [-0.39, 0.29) is 0 Å². The van der Waals surface area contributed by atoms with Gasteiger partial charge in [0.1, 0.15) is 12.4 Å². The van der Waals surface area contributed by atoms with Crippen LogP contribution in [-0.2, 0) is 0 Å². The number of aliphatic hydroxyl groups excluding tert-OH is 1. The molecule has 0 heterocycles. The molecule has 6 nitrogen and oxygen atoms in total. The Morgan fingerprint density at radius 1 is 1.47 bits per heavy atom. The van der Waals surface area contributed by atoms with Gasteiger partial charge in [0.2, 0.25) is 0 Å².